The van der Waals surface area contributed by atoms with E-state index in [1.54, 1.807) is 0 Å². The molecule has 0 amide bonds. The summed E-state index contributed by atoms with van der Waals surface area (Å²) in [6.45, 7) is 2.18. The predicted octanol–water partition coefficient (Wildman–Crippen LogP) is -2.99. The van der Waals surface area contributed by atoms with Crippen LogP contribution in [0.15, 0.2) is 0 Å². The standard InChI is InChI=1S/C16H29NO5.2Na.2H/c1-2-3-4-5-6-7-8-9-10-14(18)22-15(19)12-11-13(17)16(20)21;;;;/h13H,2-12,17H2,1H3,(H,20,21);;;;/q;2*+1;2*-1/t13-;;;;/m0..../s1. The van der Waals surface area contributed by atoms with Crippen LogP contribution >= 0.6 is 0 Å². The van der Waals surface area contributed by atoms with Crippen molar-refractivity contribution in [3.05, 3.63) is 0 Å². The van der Waals surface area contributed by atoms with E-state index in [0.717, 1.165) is 12.8 Å². The summed E-state index contributed by atoms with van der Waals surface area (Å²) in [6, 6.07) is -1.10. The van der Waals surface area contributed by atoms with Gasteiger partial charge in [-0.15, -0.1) is 0 Å². The maximum atomic E-state index is 11.4. The number of unbranched alkanes of at least 4 members (excludes halogenated alkanes) is 7. The number of carbonyl (C=O) groups is 3. The topological polar surface area (TPSA) is 107 Å². The van der Waals surface area contributed by atoms with Crippen LogP contribution in [0.4, 0.5) is 0 Å². The normalized spacial score (nSPS) is 10.9. The van der Waals surface area contributed by atoms with Gasteiger partial charge in [-0.1, -0.05) is 51.9 Å². The molecule has 8 heteroatoms. The van der Waals surface area contributed by atoms with Crippen LogP contribution in [-0.2, 0) is 19.1 Å². The molecule has 6 nitrogen and oxygen atoms in total. The Morgan fingerprint density at radius 2 is 1.38 bits per heavy atom. The third-order valence-electron chi connectivity index (χ3n) is 3.44. The van der Waals surface area contributed by atoms with Crippen LogP contribution in [0.2, 0.25) is 0 Å². The molecule has 0 bridgehead atoms. The summed E-state index contributed by atoms with van der Waals surface area (Å²) in [5.74, 6) is -2.42. The van der Waals surface area contributed by atoms with E-state index in [2.05, 4.69) is 11.7 Å². The minimum atomic E-state index is -1.17. The zero-order valence-corrected chi connectivity index (χ0v) is 19.5. The summed E-state index contributed by atoms with van der Waals surface area (Å²) in [5, 5.41) is 8.57. The molecule has 0 spiro atoms. The molecule has 3 N–H and O–H groups in total. The first kappa shape index (κ1) is 29.3. The number of carboxylic acid groups (broad SMARTS) is 1. The van der Waals surface area contributed by atoms with Gasteiger partial charge in [0.05, 0.1) is 0 Å². The molecule has 0 saturated carbocycles. The molecule has 0 aromatic carbocycles. The molecule has 0 fully saturated rings. The van der Waals surface area contributed by atoms with E-state index in [-0.39, 0.29) is 81.2 Å². The number of nitrogens with two attached hydrogens (primary N) is 1. The van der Waals surface area contributed by atoms with Crippen molar-refractivity contribution >= 4 is 17.9 Å². The van der Waals surface area contributed by atoms with Gasteiger partial charge in [-0.25, -0.2) is 0 Å². The van der Waals surface area contributed by atoms with Gasteiger partial charge in [-0.2, -0.15) is 0 Å². The summed E-state index contributed by atoms with van der Waals surface area (Å²) < 4.78 is 4.61. The minimum absolute atomic E-state index is 0. The van der Waals surface area contributed by atoms with E-state index in [1.165, 1.54) is 32.1 Å². The summed E-state index contributed by atoms with van der Waals surface area (Å²) >= 11 is 0. The Kier molecular flexibility index (Phi) is 24.3. The van der Waals surface area contributed by atoms with Crippen LogP contribution in [0.25, 0.3) is 0 Å². The molecule has 0 aromatic heterocycles. The van der Waals surface area contributed by atoms with Gasteiger partial charge >= 0.3 is 77.0 Å². The molecule has 0 aliphatic carbocycles. The first-order valence-electron chi connectivity index (χ1n) is 8.19. The zero-order valence-electron chi connectivity index (χ0n) is 17.5. The van der Waals surface area contributed by atoms with Crippen molar-refractivity contribution in [2.24, 2.45) is 5.73 Å². The number of ether oxygens (including phenoxy) is 1. The summed E-state index contributed by atoms with van der Waals surface area (Å²) in [5.41, 5.74) is 5.26. The number of hydrogen-bond donors (Lipinski definition) is 2. The van der Waals surface area contributed by atoms with Crippen molar-refractivity contribution in [1.29, 1.82) is 0 Å². The largest absolute Gasteiger partial charge is 1.00 e. The molecular formula is C16H31NNa2O5. The second-order valence-electron chi connectivity index (χ2n) is 5.55. The Labute approximate surface area is 192 Å². The number of carboxylic acids is 1. The van der Waals surface area contributed by atoms with Crippen LogP contribution < -0.4 is 64.8 Å². The van der Waals surface area contributed by atoms with Crippen LogP contribution in [-0.4, -0.2) is 29.1 Å². The van der Waals surface area contributed by atoms with Gasteiger partial charge < -0.3 is 18.4 Å². The van der Waals surface area contributed by atoms with Crippen molar-refractivity contribution < 1.29 is 86.2 Å². The number of esters is 2. The number of rotatable bonds is 13. The third kappa shape index (κ3) is 18.9. The third-order valence-corrected chi connectivity index (χ3v) is 3.44. The second-order valence-corrected chi connectivity index (χ2v) is 5.55. The van der Waals surface area contributed by atoms with Crippen molar-refractivity contribution in [1.82, 2.24) is 0 Å². The molecule has 0 aliphatic rings. The first-order valence-corrected chi connectivity index (χ1v) is 8.19. The Morgan fingerprint density at radius 3 is 1.88 bits per heavy atom. The Balaban J connectivity index is -0.000000367. The van der Waals surface area contributed by atoms with Gasteiger partial charge in [0, 0.05) is 12.8 Å². The monoisotopic (exact) mass is 363 g/mol. The molecule has 0 unspecified atom stereocenters. The predicted molar refractivity (Wildman–Crippen MR) is 85.4 cm³/mol. The minimum Gasteiger partial charge on any atom is -1.00 e. The van der Waals surface area contributed by atoms with Gasteiger partial charge in [0.1, 0.15) is 6.04 Å². The van der Waals surface area contributed by atoms with Crippen molar-refractivity contribution in [2.45, 2.75) is 83.6 Å². The zero-order chi connectivity index (χ0) is 16.8. The van der Waals surface area contributed by atoms with Crippen LogP contribution in [0.1, 0.15) is 80.4 Å². The van der Waals surface area contributed by atoms with Crippen LogP contribution in [0, 0.1) is 0 Å². The van der Waals surface area contributed by atoms with Crippen molar-refractivity contribution in [3.63, 3.8) is 0 Å². The smallest absolute Gasteiger partial charge is 1.00 e. The quantitative estimate of drug-likeness (QED) is 0.156. The van der Waals surface area contributed by atoms with Gasteiger partial charge in [0.25, 0.3) is 0 Å². The summed E-state index contributed by atoms with van der Waals surface area (Å²) in [7, 11) is 0. The molecule has 0 aromatic rings. The SMILES string of the molecule is CCCCCCCCCCC(=O)OC(=O)CC[C@H](N)C(=O)O.[H-].[H-].[Na+].[Na+]. The van der Waals surface area contributed by atoms with Crippen LogP contribution in [0.5, 0.6) is 0 Å². The summed E-state index contributed by atoms with van der Waals surface area (Å²) in [6.07, 6.45) is 9.01. The Bertz CT molecular complexity index is 364. The molecule has 0 rings (SSSR count). The molecule has 0 radical (unpaired) electrons. The molecule has 24 heavy (non-hydrogen) atoms. The molecule has 132 valence electrons. The number of aliphatic carboxylic acids is 1. The number of hydrogen-bond acceptors (Lipinski definition) is 5. The van der Waals surface area contributed by atoms with Crippen molar-refractivity contribution in [2.75, 3.05) is 0 Å². The number of carbonyl (C=O) groups excluding carboxylic acids is 2. The van der Waals surface area contributed by atoms with E-state index < -0.39 is 23.9 Å². The average Bonchev–Trinajstić information content (AvgIpc) is 2.47. The Morgan fingerprint density at radius 1 is 0.917 bits per heavy atom. The van der Waals surface area contributed by atoms with Crippen LogP contribution in [0.3, 0.4) is 0 Å². The second kappa shape index (κ2) is 19.9. The molecule has 1 atom stereocenters. The van der Waals surface area contributed by atoms with Gasteiger partial charge in [-0.3, -0.25) is 14.4 Å². The Hall–Kier alpha value is 0.570. The molecule has 0 heterocycles. The maximum absolute atomic E-state index is 11.4. The average molecular weight is 363 g/mol. The van der Waals surface area contributed by atoms with Gasteiger partial charge in [0.2, 0.25) is 0 Å². The summed E-state index contributed by atoms with van der Waals surface area (Å²) in [4.78, 5) is 33.2. The van der Waals surface area contributed by atoms with E-state index >= 15 is 0 Å². The maximum Gasteiger partial charge on any atom is 1.00 e. The van der Waals surface area contributed by atoms with Gasteiger partial charge in [0.15, 0.2) is 0 Å². The van der Waals surface area contributed by atoms with E-state index in [9.17, 15) is 14.4 Å². The van der Waals surface area contributed by atoms with E-state index in [4.69, 9.17) is 10.8 Å². The first-order chi connectivity index (χ1) is 10.5. The molecular weight excluding hydrogens is 332 g/mol. The molecule has 0 aliphatic heterocycles. The fourth-order valence-corrected chi connectivity index (χ4v) is 2.03. The molecule has 0 saturated heterocycles. The fraction of sp³-hybridized carbons (Fsp3) is 0.812. The van der Waals surface area contributed by atoms with E-state index in [1.807, 2.05) is 0 Å². The van der Waals surface area contributed by atoms with Gasteiger partial charge in [-0.05, 0) is 12.8 Å². The fourth-order valence-electron chi connectivity index (χ4n) is 2.03. The van der Waals surface area contributed by atoms with Crippen molar-refractivity contribution in [3.8, 4) is 0 Å². The van der Waals surface area contributed by atoms with E-state index in [0.29, 0.717) is 6.42 Å².